The zero-order chi connectivity index (χ0) is 23.0. The third kappa shape index (κ3) is 3.18. The van der Waals surface area contributed by atoms with E-state index in [1.165, 1.54) is 0 Å². The number of para-hydroxylation sites is 2. The van der Waals surface area contributed by atoms with Gasteiger partial charge in [-0.05, 0) is 29.3 Å². The van der Waals surface area contributed by atoms with Gasteiger partial charge >= 0.3 is 0 Å². The van der Waals surface area contributed by atoms with Crippen molar-refractivity contribution < 1.29 is 4.79 Å². The van der Waals surface area contributed by atoms with Crippen molar-refractivity contribution in [1.82, 2.24) is 0 Å². The second-order valence-electron chi connectivity index (χ2n) is 8.17. The van der Waals surface area contributed by atoms with E-state index in [1.54, 1.807) is 18.2 Å². The molecule has 1 N–H and O–H groups in total. The molecule has 1 amide bonds. The SMILES string of the molecule is N#CC1(C#N)[C@@H](c2ccccc2)[C@H](C(=O)Nc2ccccc2)N2c3c(Cl)cccc3C=C[C@@H]21. The van der Waals surface area contributed by atoms with Gasteiger partial charge in [0.1, 0.15) is 6.04 Å². The maximum atomic E-state index is 13.9. The number of benzene rings is 3. The molecule has 1 saturated heterocycles. The van der Waals surface area contributed by atoms with Crippen LogP contribution in [0.1, 0.15) is 17.0 Å². The number of hydrogen-bond donors (Lipinski definition) is 1. The summed E-state index contributed by atoms with van der Waals surface area (Å²) in [5.74, 6) is -0.997. The van der Waals surface area contributed by atoms with Gasteiger partial charge < -0.3 is 10.2 Å². The highest BCUT2D eigenvalue weighted by Crippen LogP contribution is 2.56. The smallest absolute Gasteiger partial charge is 0.247 e. The number of nitrogens with zero attached hydrogens (tertiary/aromatic N) is 3. The zero-order valence-corrected chi connectivity index (χ0v) is 18.3. The Morgan fingerprint density at radius 3 is 2.27 bits per heavy atom. The lowest BCUT2D eigenvalue weighted by molar-refractivity contribution is -0.117. The van der Waals surface area contributed by atoms with Crippen LogP contribution in [0.3, 0.4) is 0 Å². The van der Waals surface area contributed by atoms with Crippen molar-refractivity contribution in [3.05, 3.63) is 101 Å². The van der Waals surface area contributed by atoms with Crippen molar-refractivity contribution in [3.63, 3.8) is 0 Å². The van der Waals surface area contributed by atoms with E-state index in [9.17, 15) is 15.3 Å². The highest BCUT2D eigenvalue weighted by molar-refractivity contribution is 6.34. The second-order valence-corrected chi connectivity index (χ2v) is 8.58. The number of anilines is 2. The molecule has 0 bridgehead atoms. The number of carbonyl (C=O) groups excluding carboxylic acids is 1. The van der Waals surface area contributed by atoms with E-state index >= 15 is 0 Å². The van der Waals surface area contributed by atoms with Crippen LogP contribution in [0.15, 0.2) is 84.9 Å². The number of nitrogens with one attached hydrogen (secondary N) is 1. The van der Waals surface area contributed by atoms with E-state index in [0.29, 0.717) is 16.4 Å². The van der Waals surface area contributed by atoms with Crippen molar-refractivity contribution in [1.29, 1.82) is 10.5 Å². The van der Waals surface area contributed by atoms with Crippen molar-refractivity contribution in [2.24, 2.45) is 5.41 Å². The molecule has 0 saturated carbocycles. The van der Waals surface area contributed by atoms with Gasteiger partial charge in [0.2, 0.25) is 5.91 Å². The fraction of sp³-hybridized carbons (Fsp3) is 0.148. The van der Waals surface area contributed by atoms with Gasteiger partial charge in [0, 0.05) is 11.6 Å². The summed E-state index contributed by atoms with van der Waals surface area (Å²) in [6.07, 6.45) is 3.72. The number of carbonyl (C=O) groups is 1. The Labute approximate surface area is 197 Å². The molecule has 5 rings (SSSR count). The molecule has 2 aliphatic rings. The molecule has 3 atom stereocenters. The number of amides is 1. The van der Waals surface area contributed by atoms with Crippen LogP contribution in [0.5, 0.6) is 0 Å². The van der Waals surface area contributed by atoms with Crippen LogP contribution >= 0.6 is 11.6 Å². The summed E-state index contributed by atoms with van der Waals surface area (Å²) in [5, 5.41) is 24.2. The molecule has 6 heteroatoms. The number of halogens is 1. The predicted octanol–water partition coefficient (Wildman–Crippen LogP) is 5.38. The Morgan fingerprint density at radius 2 is 1.61 bits per heavy atom. The minimum absolute atomic E-state index is 0.298. The summed E-state index contributed by atoms with van der Waals surface area (Å²) in [6.45, 7) is 0. The first-order valence-electron chi connectivity index (χ1n) is 10.6. The van der Waals surface area contributed by atoms with Crippen molar-refractivity contribution >= 4 is 35.0 Å². The molecule has 3 aromatic rings. The molecule has 33 heavy (non-hydrogen) atoms. The van der Waals surface area contributed by atoms with Crippen molar-refractivity contribution in [2.45, 2.75) is 18.0 Å². The molecule has 160 valence electrons. The Morgan fingerprint density at radius 1 is 0.939 bits per heavy atom. The lowest BCUT2D eigenvalue weighted by atomic mass is 9.70. The first-order chi connectivity index (χ1) is 16.1. The summed E-state index contributed by atoms with van der Waals surface area (Å²) < 4.78 is 0. The number of rotatable bonds is 3. The molecule has 0 unspecified atom stereocenters. The van der Waals surface area contributed by atoms with Crippen LogP contribution in [0.25, 0.3) is 6.08 Å². The van der Waals surface area contributed by atoms with Crippen LogP contribution in [-0.2, 0) is 4.79 Å². The molecule has 2 aliphatic heterocycles. The van der Waals surface area contributed by atoms with Gasteiger partial charge in [-0.1, -0.05) is 84.4 Å². The second kappa shape index (κ2) is 8.13. The third-order valence-corrected chi connectivity index (χ3v) is 6.75. The molecule has 0 aromatic heterocycles. The van der Waals surface area contributed by atoms with Gasteiger partial charge in [-0.25, -0.2) is 0 Å². The van der Waals surface area contributed by atoms with Crippen LogP contribution in [0.4, 0.5) is 11.4 Å². The summed E-state index contributed by atoms with van der Waals surface area (Å²) in [7, 11) is 0. The fourth-order valence-corrected chi connectivity index (χ4v) is 5.34. The van der Waals surface area contributed by atoms with Crippen molar-refractivity contribution in [3.8, 4) is 12.1 Å². The normalized spacial score (nSPS) is 21.9. The van der Waals surface area contributed by atoms with Crippen LogP contribution in [-0.4, -0.2) is 18.0 Å². The van der Waals surface area contributed by atoms with Crippen LogP contribution < -0.4 is 10.2 Å². The Kier molecular flexibility index (Phi) is 5.13. The van der Waals surface area contributed by atoms with E-state index in [-0.39, 0.29) is 5.91 Å². The molecular weight excluding hydrogens is 432 g/mol. The maximum absolute atomic E-state index is 13.9. The average molecular weight is 451 g/mol. The minimum Gasteiger partial charge on any atom is -0.348 e. The quantitative estimate of drug-likeness (QED) is 0.581. The summed E-state index contributed by atoms with van der Waals surface area (Å²) in [6, 6.07) is 27.1. The van der Waals surface area contributed by atoms with E-state index in [1.807, 2.05) is 77.7 Å². The zero-order valence-electron chi connectivity index (χ0n) is 17.5. The van der Waals surface area contributed by atoms with Crippen LogP contribution in [0, 0.1) is 28.1 Å². The van der Waals surface area contributed by atoms with Gasteiger partial charge in [-0.3, -0.25) is 4.79 Å². The topological polar surface area (TPSA) is 79.9 Å². The predicted molar refractivity (Wildman–Crippen MR) is 128 cm³/mol. The summed E-state index contributed by atoms with van der Waals surface area (Å²) in [5.41, 5.74) is 1.41. The Balaban J connectivity index is 1.74. The Hall–Kier alpha value is -4.06. The number of nitriles is 2. The van der Waals surface area contributed by atoms with E-state index in [0.717, 1.165) is 11.1 Å². The summed E-state index contributed by atoms with van der Waals surface area (Å²) >= 11 is 6.64. The average Bonchev–Trinajstić information content (AvgIpc) is 3.16. The van der Waals surface area contributed by atoms with Gasteiger partial charge in [-0.15, -0.1) is 0 Å². The molecule has 1 fully saturated rings. The lowest BCUT2D eigenvalue weighted by Crippen LogP contribution is -2.46. The van der Waals surface area contributed by atoms with Crippen molar-refractivity contribution in [2.75, 3.05) is 10.2 Å². The first-order valence-corrected chi connectivity index (χ1v) is 11.0. The highest BCUT2D eigenvalue weighted by Gasteiger charge is 2.63. The van der Waals surface area contributed by atoms with Gasteiger partial charge in [-0.2, -0.15) is 10.5 Å². The molecule has 3 aromatic carbocycles. The van der Waals surface area contributed by atoms with Gasteiger partial charge in [0.25, 0.3) is 0 Å². The van der Waals surface area contributed by atoms with Gasteiger partial charge in [0.15, 0.2) is 5.41 Å². The standard InChI is InChI=1S/C27H19ClN4O/c28-21-13-7-10-19-14-15-22-27(16-29,17-30)23(18-8-3-1-4-9-18)25(32(22)24(19)21)26(33)31-20-11-5-2-6-12-20/h1-15,22-23,25H,(H,31,33)/t22-,23+,25-/m1/s1. The molecule has 0 aliphatic carbocycles. The number of hydrogen-bond acceptors (Lipinski definition) is 4. The highest BCUT2D eigenvalue weighted by atomic mass is 35.5. The largest absolute Gasteiger partial charge is 0.348 e. The van der Waals surface area contributed by atoms with Gasteiger partial charge in [0.05, 0.1) is 28.9 Å². The first kappa shape index (κ1) is 20.8. The summed E-state index contributed by atoms with van der Waals surface area (Å²) in [4.78, 5) is 15.7. The lowest BCUT2D eigenvalue weighted by Gasteiger charge is -2.36. The van der Waals surface area contributed by atoms with E-state index < -0.39 is 23.4 Å². The minimum atomic E-state index is -1.49. The number of fused-ring (bicyclic) bond motifs is 3. The van der Waals surface area contributed by atoms with Crippen LogP contribution in [0.2, 0.25) is 5.02 Å². The van der Waals surface area contributed by atoms with E-state index in [2.05, 4.69) is 17.5 Å². The molecular formula is C27H19ClN4O. The monoisotopic (exact) mass is 450 g/mol. The molecule has 0 spiro atoms. The fourth-order valence-electron chi connectivity index (χ4n) is 5.06. The van der Waals surface area contributed by atoms with E-state index in [4.69, 9.17) is 11.6 Å². The molecule has 0 radical (unpaired) electrons. The maximum Gasteiger partial charge on any atom is 0.247 e. The molecule has 2 heterocycles. The Bertz CT molecular complexity index is 1310. The molecule has 5 nitrogen and oxygen atoms in total. The third-order valence-electron chi connectivity index (χ3n) is 6.45.